The summed E-state index contributed by atoms with van der Waals surface area (Å²) in [7, 11) is 0. The van der Waals surface area contributed by atoms with Gasteiger partial charge in [0.1, 0.15) is 0 Å². The van der Waals surface area contributed by atoms with E-state index in [1.165, 1.54) is 0 Å². The van der Waals surface area contributed by atoms with Gasteiger partial charge in [0.25, 0.3) is 0 Å². The summed E-state index contributed by atoms with van der Waals surface area (Å²) in [5.41, 5.74) is 0. The average Bonchev–Trinajstić information content (AvgIpc) is 2.50. The fourth-order valence-corrected chi connectivity index (χ4v) is 1.98. The molecule has 0 aliphatic heterocycles. The van der Waals surface area contributed by atoms with Gasteiger partial charge in [0, 0.05) is 10.9 Å². The molecule has 1 aromatic rings. The minimum Gasteiger partial charge on any atom is -0.322 e. The van der Waals surface area contributed by atoms with Gasteiger partial charge >= 0.3 is 5.37 Å². The molecule has 0 bridgehead atoms. The zero-order valence-electron chi connectivity index (χ0n) is 7.66. The van der Waals surface area contributed by atoms with Gasteiger partial charge in [-0.15, -0.1) is 11.3 Å². The molecular formula is C9H12ClNOS. The summed E-state index contributed by atoms with van der Waals surface area (Å²) in [6.45, 7) is 4.51. The van der Waals surface area contributed by atoms with Crippen molar-refractivity contribution in [3.63, 3.8) is 0 Å². The van der Waals surface area contributed by atoms with Crippen molar-refractivity contribution in [3.05, 3.63) is 22.4 Å². The fourth-order valence-electron chi connectivity index (χ4n) is 1.02. The van der Waals surface area contributed by atoms with E-state index < -0.39 is 0 Å². The van der Waals surface area contributed by atoms with Crippen molar-refractivity contribution < 1.29 is 4.79 Å². The van der Waals surface area contributed by atoms with Crippen LogP contribution in [0, 0.1) is 0 Å². The number of halogens is 1. The second-order valence-electron chi connectivity index (χ2n) is 3.05. The Morgan fingerprint density at radius 2 is 2.38 bits per heavy atom. The lowest BCUT2D eigenvalue weighted by molar-refractivity contribution is 0.204. The lowest BCUT2D eigenvalue weighted by atomic mass is 10.3. The predicted molar refractivity (Wildman–Crippen MR) is 56.2 cm³/mol. The number of rotatable bonds is 3. The zero-order valence-corrected chi connectivity index (χ0v) is 9.23. The lowest BCUT2D eigenvalue weighted by Crippen LogP contribution is -2.32. The van der Waals surface area contributed by atoms with Crippen LogP contribution < -0.4 is 0 Å². The van der Waals surface area contributed by atoms with Crippen molar-refractivity contribution in [2.24, 2.45) is 0 Å². The molecule has 72 valence electrons. The molecule has 1 rings (SSSR count). The van der Waals surface area contributed by atoms with Gasteiger partial charge in [0.15, 0.2) is 0 Å². The monoisotopic (exact) mass is 217 g/mol. The molecule has 1 aromatic heterocycles. The zero-order chi connectivity index (χ0) is 9.84. The van der Waals surface area contributed by atoms with Crippen LogP contribution in [0.3, 0.4) is 0 Å². The van der Waals surface area contributed by atoms with Gasteiger partial charge in [0.05, 0.1) is 6.54 Å². The van der Waals surface area contributed by atoms with Crippen LogP contribution in [-0.2, 0) is 6.54 Å². The standard InChI is InChI=1S/C9H12ClNOS/c1-7(2)11(9(10)12)6-8-4-3-5-13-8/h3-5,7H,6H2,1-2H3. The molecule has 0 saturated heterocycles. The van der Waals surface area contributed by atoms with E-state index in [0.717, 1.165) is 4.88 Å². The van der Waals surface area contributed by atoms with Crippen LogP contribution in [-0.4, -0.2) is 16.3 Å². The minimum absolute atomic E-state index is 0.145. The maximum atomic E-state index is 11.0. The van der Waals surface area contributed by atoms with Gasteiger partial charge in [-0.1, -0.05) is 6.07 Å². The molecule has 0 radical (unpaired) electrons. The molecule has 0 aliphatic rings. The Labute approximate surface area is 87.1 Å². The smallest absolute Gasteiger partial charge is 0.316 e. The van der Waals surface area contributed by atoms with Crippen molar-refractivity contribution in [1.29, 1.82) is 0 Å². The highest BCUT2D eigenvalue weighted by Gasteiger charge is 2.14. The maximum Gasteiger partial charge on any atom is 0.316 e. The van der Waals surface area contributed by atoms with Gasteiger partial charge < -0.3 is 4.90 Å². The van der Waals surface area contributed by atoms with Gasteiger partial charge in [-0.25, -0.2) is 0 Å². The molecule has 0 unspecified atom stereocenters. The van der Waals surface area contributed by atoms with Crippen molar-refractivity contribution in [1.82, 2.24) is 4.90 Å². The molecule has 4 heteroatoms. The lowest BCUT2D eigenvalue weighted by Gasteiger charge is -2.22. The Hall–Kier alpha value is -0.540. The molecule has 0 aromatic carbocycles. The number of thiophene rings is 1. The number of hydrogen-bond acceptors (Lipinski definition) is 2. The summed E-state index contributed by atoms with van der Waals surface area (Å²) in [6.07, 6.45) is 0. The van der Waals surface area contributed by atoms with E-state index in [1.54, 1.807) is 16.2 Å². The molecule has 0 saturated carbocycles. The summed E-state index contributed by atoms with van der Waals surface area (Å²) >= 11 is 7.08. The van der Waals surface area contributed by atoms with Gasteiger partial charge in [-0.2, -0.15) is 0 Å². The first kappa shape index (κ1) is 10.5. The van der Waals surface area contributed by atoms with Crippen molar-refractivity contribution in [2.45, 2.75) is 26.4 Å². The third kappa shape index (κ3) is 3.01. The van der Waals surface area contributed by atoms with E-state index in [-0.39, 0.29) is 11.4 Å². The predicted octanol–water partition coefficient (Wildman–Crippen LogP) is 3.32. The van der Waals surface area contributed by atoms with Crippen LogP contribution in [0.4, 0.5) is 4.79 Å². The van der Waals surface area contributed by atoms with Crippen LogP contribution in [0.15, 0.2) is 17.5 Å². The first-order chi connectivity index (χ1) is 6.11. The fraction of sp³-hybridized carbons (Fsp3) is 0.444. The van der Waals surface area contributed by atoms with Gasteiger partial charge in [-0.3, -0.25) is 4.79 Å². The number of amides is 1. The molecular weight excluding hydrogens is 206 g/mol. The molecule has 0 N–H and O–H groups in total. The van der Waals surface area contributed by atoms with E-state index in [9.17, 15) is 4.79 Å². The third-order valence-corrected chi connectivity index (χ3v) is 2.83. The van der Waals surface area contributed by atoms with E-state index in [1.807, 2.05) is 31.4 Å². The highest BCUT2D eigenvalue weighted by atomic mass is 35.5. The Bertz CT molecular complexity index is 271. The Morgan fingerprint density at radius 1 is 1.69 bits per heavy atom. The molecule has 13 heavy (non-hydrogen) atoms. The summed E-state index contributed by atoms with van der Waals surface area (Å²) < 4.78 is 0. The van der Waals surface area contributed by atoms with Crippen LogP contribution >= 0.6 is 22.9 Å². The second-order valence-corrected chi connectivity index (χ2v) is 4.41. The molecule has 1 amide bonds. The Kier molecular flexibility index (Phi) is 3.75. The highest BCUT2D eigenvalue weighted by Crippen LogP contribution is 2.15. The summed E-state index contributed by atoms with van der Waals surface area (Å²) in [4.78, 5) is 13.8. The Morgan fingerprint density at radius 3 is 2.77 bits per heavy atom. The first-order valence-electron chi connectivity index (χ1n) is 4.09. The van der Waals surface area contributed by atoms with Crippen molar-refractivity contribution in [2.75, 3.05) is 0 Å². The number of carbonyl (C=O) groups excluding carboxylic acids is 1. The van der Waals surface area contributed by atoms with E-state index >= 15 is 0 Å². The molecule has 0 fully saturated rings. The summed E-state index contributed by atoms with van der Waals surface area (Å²) in [5.74, 6) is 0. The highest BCUT2D eigenvalue weighted by molar-refractivity contribution is 7.09. The average molecular weight is 218 g/mol. The number of carbonyl (C=O) groups is 1. The molecule has 0 atom stereocenters. The topological polar surface area (TPSA) is 20.3 Å². The molecule has 0 spiro atoms. The molecule has 0 aliphatic carbocycles. The van der Waals surface area contributed by atoms with Crippen LogP contribution in [0.5, 0.6) is 0 Å². The van der Waals surface area contributed by atoms with Crippen LogP contribution in [0.2, 0.25) is 0 Å². The van der Waals surface area contributed by atoms with Crippen LogP contribution in [0.25, 0.3) is 0 Å². The SMILES string of the molecule is CC(C)N(Cc1cccs1)C(=O)Cl. The summed E-state index contributed by atoms with van der Waals surface area (Å²) in [6, 6.07) is 4.11. The minimum atomic E-state index is -0.386. The number of hydrogen-bond donors (Lipinski definition) is 0. The quantitative estimate of drug-likeness (QED) is 0.562. The summed E-state index contributed by atoms with van der Waals surface area (Å²) in [5, 5.41) is 1.61. The molecule has 1 heterocycles. The van der Waals surface area contributed by atoms with Crippen molar-refractivity contribution >= 4 is 28.3 Å². The van der Waals surface area contributed by atoms with E-state index in [0.29, 0.717) is 6.54 Å². The maximum absolute atomic E-state index is 11.0. The van der Waals surface area contributed by atoms with E-state index in [4.69, 9.17) is 11.6 Å². The first-order valence-corrected chi connectivity index (χ1v) is 5.35. The molecule has 2 nitrogen and oxygen atoms in total. The second kappa shape index (κ2) is 4.63. The van der Waals surface area contributed by atoms with Crippen molar-refractivity contribution in [3.8, 4) is 0 Å². The van der Waals surface area contributed by atoms with Gasteiger partial charge in [0.2, 0.25) is 0 Å². The third-order valence-electron chi connectivity index (χ3n) is 1.76. The van der Waals surface area contributed by atoms with Crippen LogP contribution in [0.1, 0.15) is 18.7 Å². The van der Waals surface area contributed by atoms with E-state index in [2.05, 4.69) is 0 Å². The number of nitrogens with zero attached hydrogens (tertiary/aromatic N) is 1. The van der Waals surface area contributed by atoms with Gasteiger partial charge in [-0.05, 0) is 36.9 Å². The largest absolute Gasteiger partial charge is 0.322 e. The Balaban J connectivity index is 2.63. The normalized spacial score (nSPS) is 10.5.